The van der Waals surface area contributed by atoms with Gasteiger partial charge in [-0.2, -0.15) is 15.2 Å². The Bertz CT molecular complexity index is 614. The predicted octanol–water partition coefficient (Wildman–Crippen LogP) is 2.02. The van der Waals surface area contributed by atoms with E-state index in [9.17, 15) is 0 Å². The number of benzene rings is 1. The molecule has 0 aliphatic rings. The summed E-state index contributed by atoms with van der Waals surface area (Å²) in [6, 6.07) is 8.91. The minimum absolute atomic E-state index is 0.0770. The van der Waals surface area contributed by atoms with Crippen molar-refractivity contribution >= 4 is 39.2 Å². The molecule has 0 radical (unpaired) electrons. The first-order chi connectivity index (χ1) is 8.58. The summed E-state index contributed by atoms with van der Waals surface area (Å²) in [5.41, 5.74) is 12.2. The van der Waals surface area contributed by atoms with Gasteiger partial charge in [-0.05, 0) is 18.2 Å². The van der Waals surface area contributed by atoms with Crippen LogP contribution in [-0.4, -0.2) is 9.97 Å². The van der Waals surface area contributed by atoms with Crippen molar-refractivity contribution in [3.63, 3.8) is 0 Å². The molecule has 18 heavy (non-hydrogen) atoms. The van der Waals surface area contributed by atoms with Gasteiger partial charge in [-0.1, -0.05) is 15.9 Å². The lowest BCUT2D eigenvalue weighted by Crippen LogP contribution is -2.03. The molecule has 0 atom stereocenters. The van der Waals surface area contributed by atoms with E-state index < -0.39 is 0 Å². The van der Waals surface area contributed by atoms with Crippen LogP contribution in [0.2, 0.25) is 0 Å². The Morgan fingerprint density at radius 1 is 1.22 bits per heavy atom. The Labute approximate surface area is 112 Å². The lowest BCUT2D eigenvalue weighted by Gasteiger charge is -2.08. The van der Waals surface area contributed by atoms with Gasteiger partial charge in [0.25, 0.3) is 0 Å². The van der Waals surface area contributed by atoms with Crippen molar-refractivity contribution < 1.29 is 0 Å². The van der Waals surface area contributed by atoms with Gasteiger partial charge in [-0.3, -0.25) is 0 Å². The third-order valence-electron chi connectivity index (χ3n) is 2.13. The Hall–Kier alpha value is -2.33. The van der Waals surface area contributed by atoms with E-state index in [-0.39, 0.29) is 11.8 Å². The molecule has 5 N–H and O–H groups in total. The van der Waals surface area contributed by atoms with Crippen LogP contribution in [0.25, 0.3) is 0 Å². The van der Waals surface area contributed by atoms with Crippen LogP contribution < -0.4 is 16.8 Å². The van der Waals surface area contributed by atoms with Crippen LogP contribution >= 0.6 is 15.9 Å². The zero-order chi connectivity index (χ0) is 13.1. The zero-order valence-electron chi connectivity index (χ0n) is 9.18. The second-order valence-corrected chi connectivity index (χ2v) is 4.38. The van der Waals surface area contributed by atoms with Crippen LogP contribution in [0.3, 0.4) is 0 Å². The second-order valence-electron chi connectivity index (χ2n) is 3.46. The minimum Gasteiger partial charge on any atom is -0.383 e. The molecule has 0 aliphatic carbocycles. The molecule has 0 fully saturated rings. The molecular formula is C11H9BrN6. The van der Waals surface area contributed by atoms with Crippen LogP contribution in [0.1, 0.15) is 5.56 Å². The van der Waals surface area contributed by atoms with E-state index in [0.717, 1.165) is 4.47 Å². The van der Waals surface area contributed by atoms with Gasteiger partial charge in [0.1, 0.15) is 17.7 Å². The van der Waals surface area contributed by atoms with E-state index in [2.05, 4.69) is 37.3 Å². The first kappa shape index (κ1) is 12.1. The number of nitrogens with one attached hydrogen (secondary N) is 1. The minimum atomic E-state index is 0.0770. The summed E-state index contributed by atoms with van der Waals surface area (Å²) in [5, 5.41) is 12.0. The van der Waals surface area contributed by atoms with E-state index in [1.54, 1.807) is 18.2 Å². The predicted molar refractivity (Wildman–Crippen MR) is 73.0 cm³/mol. The number of nitrogens with two attached hydrogens (primary N) is 2. The quantitative estimate of drug-likeness (QED) is 0.782. The average molecular weight is 305 g/mol. The summed E-state index contributed by atoms with van der Waals surface area (Å²) < 4.78 is 0.825. The largest absolute Gasteiger partial charge is 0.383 e. The maximum atomic E-state index is 9.04. The topological polar surface area (TPSA) is 114 Å². The number of hydrogen-bond donors (Lipinski definition) is 3. The number of rotatable bonds is 2. The fourth-order valence-electron chi connectivity index (χ4n) is 1.41. The van der Waals surface area contributed by atoms with E-state index in [4.69, 9.17) is 16.7 Å². The molecule has 0 spiro atoms. The molecule has 1 aromatic carbocycles. The summed E-state index contributed by atoms with van der Waals surface area (Å²) in [6.07, 6.45) is 0. The maximum absolute atomic E-state index is 9.04. The van der Waals surface area contributed by atoms with Crippen molar-refractivity contribution in [2.45, 2.75) is 0 Å². The number of nitrogens with zero attached hydrogens (tertiary/aromatic N) is 3. The van der Waals surface area contributed by atoms with E-state index >= 15 is 0 Å². The maximum Gasteiger partial charge on any atom is 0.223 e. The Kier molecular flexibility index (Phi) is 3.30. The van der Waals surface area contributed by atoms with Crippen LogP contribution in [0.5, 0.6) is 0 Å². The van der Waals surface area contributed by atoms with Crippen molar-refractivity contribution in [1.29, 1.82) is 5.26 Å². The molecule has 90 valence electrons. The Balaban J connectivity index is 2.37. The van der Waals surface area contributed by atoms with Crippen molar-refractivity contribution in [2.24, 2.45) is 0 Å². The fraction of sp³-hybridized carbons (Fsp3) is 0. The summed E-state index contributed by atoms with van der Waals surface area (Å²) in [7, 11) is 0. The smallest absolute Gasteiger partial charge is 0.223 e. The molecule has 6 nitrogen and oxygen atoms in total. The molecule has 2 aromatic rings. The van der Waals surface area contributed by atoms with E-state index in [0.29, 0.717) is 17.1 Å². The molecule has 0 bridgehead atoms. The number of hydrogen-bond acceptors (Lipinski definition) is 6. The van der Waals surface area contributed by atoms with Gasteiger partial charge in [0, 0.05) is 10.5 Å². The highest BCUT2D eigenvalue weighted by molar-refractivity contribution is 9.10. The first-order valence-electron chi connectivity index (χ1n) is 4.95. The highest BCUT2D eigenvalue weighted by Crippen LogP contribution is 2.23. The van der Waals surface area contributed by atoms with E-state index in [1.165, 1.54) is 0 Å². The molecule has 0 amide bonds. The van der Waals surface area contributed by atoms with Gasteiger partial charge in [0.2, 0.25) is 5.95 Å². The summed E-state index contributed by atoms with van der Waals surface area (Å²) >= 11 is 3.30. The number of aromatic nitrogens is 2. The van der Waals surface area contributed by atoms with Gasteiger partial charge in [-0.15, -0.1) is 0 Å². The van der Waals surface area contributed by atoms with Crippen LogP contribution in [0, 0.1) is 11.3 Å². The molecule has 0 aliphatic heterocycles. The lowest BCUT2D eigenvalue weighted by atomic mass is 10.2. The highest BCUT2D eigenvalue weighted by Gasteiger charge is 2.05. The first-order valence-corrected chi connectivity index (χ1v) is 5.74. The Morgan fingerprint density at radius 2 is 2.00 bits per heavy atom. The third kappa shape index (κ3) is 2.67. The van der Waals surface area contributed by atoms with Gasteiger partial charge in [0.05, 0.1) is 11.3 Å². The highest BCUT2D eigenvalue weighted by atomic mass is 79.9. The SMILES string of the molecule is N#Cc1cc(Br)ccc1Nc1cc(N)nc(N)n1. The molecule has 2 rings (SSSR count). The van der Waals surface area contributed by atoms with Gasteiger partial charge >= 0.3 is 0 Å². The summed E-state index contributed by atoms with van der Waals surface area (Å²) in [5.74, 6) is 0.785. The van der Waals surface area contributed by atoms with E-state index in [1.807, 2.05) is 6.07 Å². The lowest BCUT2D eigenvalue weighted by molar-refractivity contribution is 1.19. The molecule has 0 unspecified atom stereocenters. The molecule has 1 heterocycles. The molecular weight excluding hydrogens is 296 g/mol. The van der Waals surface area contributed by atoms with Crippen molar-refractivity contribution in [2.75, 3.05) is 16.8 Å². The standard InChI is InChI=1S/C11H9BrN6/c12-7-1-2-8(6(3-7)5-13)16-10-4-9(14)17-11(15)18-10/h1-4H,(H5,14,15,16,17,18). The van der Waals surface area contributed by atoms with Crippen molar-refractivity contribution in [1.82, 2.24) is 9.97 Å². The average Bonchev–Trinajstić information content (AvgIpc) is 2.30. The normalized spacial score (nSPS) is 9.78. The third-order valence-corrected chi connectivity index (χ3v) is 2.62. The Morgan fingerprint density at radius 3 is 2.67 bits per heavy atom. The molecule has 0 saturated heterocycles. The molecule has 7 heteroatoms. The van der Waals surface area contributed by atoms with Gasteiger partial charge in [-0.25, -0.2) is 0 Å². The zero-order valence-corrected chi connectivity index (χ0v) is 10.8. The van der Waals surface area contributed by atoms with Gasteiger partial charge < -0.3 is 16.8 Å². The monoisotopic (exact) mass is 304 g/mol. The number of nitriles is 1. The molecule has 1 aromatic heterocycles. The van der Waals surface area contributed by atoms with Crippen LogP contribution in [0.15, 0.2) is 28.7 Å². The number of anilines is 4. The van der Waals surface area contributed by atoms with Gasteiger partial charge in [0.15, 0.2) is 0 Å². The fourth-order valence-corrected chi connectivity index (χ4v) is 1.77. The molecule has 0 saturated carbocycles. The van der Waals surface area contributed by atoms with Crippen molar-refractivity contribution in [3.05, 3.63) is 34.3 Å². The van der Waals surface area contributed by atoms with Crippen molar-refractivity contribution in [3.8, 4) is 6.07 Å². The number of halogens is 1. The van der Waals surface area contributed by atoms with Crippen LogP contribution in [-0.2, 0) is 0 Å². The van der Waals surface area contributed by atoms with Crippen LogP contribution in [0.4, 0.5) is 23.3 Å². The summed E-state index contributed by atoms with van der Waals surface area (Å²) in [6.45, 7) is 0. The number of nitrogen functional groups attached to an aromatic ring is 2. The summed E-state index contributed by atoms with van der Waals surface area (Å²) in [4.78, 5) is 7.75. The second kappa shape index (κ2) is 4.89.